The maximum absolute atomic E-state index is 12.5. The van der Waals surface area contributed by atoms with Gasteiger partial charge in [-0.15, -0.1) is 0 Å². The van der Waals surface area contributed by atoms with Gasteiger partial charge in [-0.2, -0.15) is 0 Å². The minimum atomic E-state index is -0.0278. The van der Waals surface area contributed by atoms with Crippen molar-refractivity contribution in [3.8, 4) is 0 Å². The van der Waals surface area contributed by atoms with Crippen molar-refractivity contribution in [3.63, 3.8) is 0 Å². The fourth-order valence-corrected chi connectivity index (χ4v) is 3.88. The number of carbonyl (C=O) groups excluding carboxylic acids is 1. The molecular formula is C17H21N3O. The summed E-state index contributed by atoms with van der Waals surface area (Å²) in [4.78, 5) is 15.6. The van der Waals surface area contributed by atoms with Crippen LogP contribution in [-0.4, -0.2) is 23.0 Å². The summed E-state index contributed by atoms with van der Waals surface area (Å²) in [6.07, 6.45) is 8.02. The number of H-pyrrole nitrogens is 1. The Morgan fingerprint density at radius 1 is 1.19 bits per heavy atom. The number of fused-ring (bicyclic) bond motifs is 2. The van der Waals surface area contributed by atoms with E-state index in [1.807, 2.05) is 30.5 Å². The van der Waals surface area contributed by atoms with Crippen LogP contribution in [0.3, 0.4) is 0 Å². The van der Waals surface area contributed by atoms with Gasteiger partial charge in [0.05, 0.1) is 6.04 Å². The predicted octanol–water partition coefficient (Wildman–Crippen LogP) is 3.03. The molecule has 3 N–H and O–H groups in total. The molecule has 1 saturated heterocycles. The molecule has 1 aliphatic heterocycles. The lowest BCUT2D eigenvalue weighted by atomic mass is 9.85. The van der Waals surface area contributed by atoms with Gasteiger partial charge in [0, 0.05) is 28.8 Å². The third kappa shape index (κ3) is 2.44. The molecule has 1 amide bonds. The zero-order valence-corrected chi connectivity index (χ0v) is 12.1. The number of hydrogen-bond donors (Lipinski definition) is 3. The lowest BCUT2D eigenvalue weighted by Gasteiger charge is -2.24. The van der Waals surface area contributed by atoms with Crippen LogP contribution in [0.25, 0.3) is 10.9 Å². The summed E-state index contributed by atoms with van der Waals surface area (Å²) in [6, 6.07) is 8.53. The molecule has 3 unspecified atom stereocenters. The van der Waals surface area contributed by atoms with Gasteiger partial charge in [0.2, 0.25) is 5.91 Å². The summed E-state index contributed by atoms with van der Waals surface area (Å²) in [5.41, 5.74) is 1.97. The average Bonchev–Trinajstić information content (AvgIpc) is 3.13. The van der Waals surface area contributed by atoms with Crippen LogP contribution in [-0.2, 0) is 4.79 Å². The highest BCUT2D eigenvalue weighted by atomic mass is 16.2. The number of aromatic nitrogens is 1. The molecule has 2 fully saturated rings. The lowest BCUT2D eigenvalue weighted by molar-refractivity contribution is -0.117. The Morgan fingerprint density at radius 2 is 2.10 bits per heavy atom. The summed E-state index contributed by atoms with van der Waals surface area (Å²) in [6.45, 7) is 0. The van der Waals surface area contributed by atoms with Crippen molar-refractivity contribution in [1.29, 1.82) is 0 Å². The summed E-state index contributed by atoms with van der Waals surface area (Å²) < 4.78 is 0. The highest BCUT2D eigenvalue weighted by molar-refractivity contribution is 5.97. The van der Waals surface area contributed by atoms with Crippen molar-refractivity contribution in [1.82, 2.24) is 10.3 Å². The number of carbonyl (C=O) groups is 1. The molecule has 0 spiro atoms. The quantitative estimate of drug-likeness (QED) is 0.793. The van der Waals surface area contributed by atoms with E-state index in [4.69, 9.17) is 0 Å². The van der Waals surface area contributed by atoms with Crippen molar-refractivity contribution in [2.75, 3.05) is 5.32 Å². The molecule has 1 saturated carbocycles. The second-order valence-electron chi connectivity index (χ2n) is 6.37. The van der Waals surface area contributed by atoms with E-state index in [2.05, 4.69) is 15.6 Å². The molecule has 1 aromatic carbocycles. The van der Waals surface area contributed by atoms with E-state index in [1.165, 1.54) is 25.7 Å². The Labute approximate surface area is 124 Å². The molecule has 4 nitrogen and oxygen atoms in total. The molecule has 110 valence electrons. The van der Waals surface area contributed by atoms with Gasteiger partial charge in [-0.1, -0.05) is 12.8 Å². The maximum atomic E-state index is 12.5. The minimum Gasteiger partial charge on any atom is -0.361 e. The monoisotopic (exact) mass is 283 g/mol. The van der Waals surface area contributed by atoms with Crippen LogP contribution in [0, 0.1) is 5.92 Å². The first kappa shape index (κ1) is 12.9. The van der Waals surface area contributed by atoms with E-state index in [-0.39, 0.29) is 11.9 Å². The van der Waals surface area contributed by atoms with Crippen LogP contribution < -0.4 is 10.6 Å². The zero-order valence-electron chi connectivity index (χ0n) is 12.1. The Balaban J connectivity index is 1.45. The standard InChI is InChI=1S/C17H21N3O/c21-17(16-10-11-3-1-2-4-15(11)20-16)19-13-5-6-14-12(9-13)7-8-18-14/h5-9,11,15-16,18,20H,1-4,10H2,(H,19,21). The van der Waals surface area contributed by atoms with Crippen LogP contribution in [0.2, 0.25) is 0 Å². The van der Waals surface area contributed by atoms with Crippen LogP contribution in [0.4, 0.5) is 5.69 Å². The summed E-state index contributed by atoms with van der Waals surface area (Å²) >= 11 is 0. The third-order valence-corrected chi connectivity index (χ3v) is 5.00. The van der Waals surface area contributed by atoms with E-state index in [0.717, 1.165) is 23.0 Å². The summed E-state index contributed by atoms with van der Waals surface area (Å²) in [7, 11) is 0. The highest BCUT2D eigenvalue weighted by Crippen LogP contribution is 2.33. The lowest BCUT2D eigenvalue weighted by Crippen LogP contribution is -2.39. The molecule has 0 bridgehead atoms. The van der Waals surface area contributed by atoms with Gasteiger partial charge in [0.15, 0.2) is 0 Å². The van der Waals surface area contributed by atoms with Crippen molar-refractivity contribution < 1.29 is 4.79 Å². The first-order valence-electron chi connectivity index (χ1n) is 7.94. The van der Waals surface area contributed by atoms with Crippen LogP contribution >= 0.6 is 0 Å². The van der Waals surface area contributed by atoms with Gasteiger partial charge in [-0.3, -0.25) is 4.79 Å². The fourth-order valence-electron chi connectivity index (χ4n) is 3.88. The molecule has 21 heavy (non-hydrogen) atoms. The number of amides is 1. The first-order chi connectivity index (χ1) is 10.3. The van der Waals surface area contributed by atoms with Gasteiger partial charge in [-0.25, -0.2) is 0 Å². The Morgan fingerprint density at radius 3 is 3.00 bits per heavy atom. The second-order valence-corrected chi connectivity index (χ2v) is 6.37. The predicted molar refractivity (Wildman–Crippen MR) is 84.2 cm³/mol. The van der Waals surface area contributed by atoms with Gasteiger partial charge in [0.1, 0.15) is 0 Å². The molecule has 2 aromatic rings. The van der Waals surface area contributed by atoms with Crippen molar-refractivity contribution in [2.24, 2.45) is 5.92 Å². The second kappa shape index (κ2) is 5.19. The molecule has 1 aliphatic carbocycles. The average molecular weight is 283 g/mol. The van der Waals surface area contributed by atoms with E-state index in [9.17, 15) is 4.79 Å². The topological polar surface area (TPSA) is 56.9 Å². The van der Waals surface area contributed by atoms with Crippen LogP contribution in [0.1, 0.15) is 32.1 Å². The van der Waals surface area contributed by atoms with Crippen LogP contribution in [0.15, 0.2) is 30.5 Å². The van der Waals surface area contributed by atoms with E-state index in [1.54, 1.807) is 0 Å². The number of aromatic amines is 1. The maximum Gasteiger partial charge on any atom is 0.241 e. The van der Waals surface area contributed by atoms with Gasteiger partial charge >= 0.3 is 0 Å². The molecule has 4 rings (SSSR count). The van der Waals surface area contributed by atoms with E-state index in [0.29, 0.717) is 12.0 Å². The number of benzene rings is 1. The molecule has 3 atom stereocenters. The molecule has 1 aromatic heterocycles. The SMILES string of the molecule is O=C(Nc1ccc2[nH]ccc2c1)C1CC2CCCCC2N1. The molecular weight excluding hydrogens is 262 g/mol. The number of hydrogen-bond acceptors (Lipinski definition) is 2. The van der Waals surface area contributed by atoms with Crippen molar-refractivity contribution >= 4 is 22.5 Å². The molecule has 0 radical (unpaired) electrons. The molecule has 4 heteroatoms. The number of rotatable bonds is 2. The Bertz CT molecular complexity index is 649. The first-order valence-corrected chi connectivity index (χ1v) is 7.94. The summed E-state index contributed by atoms with van der Waals surface area (Å²) in [5.74, 6) is 0.806. The Hall–Kier alpha value is -1.81. The normalized spacial score (nSPS) is 28.5. The zero-order chi connectivity index (χ0) is 14.2. The fraction of sp³-hybridized carbons (Fsp3) is 0.471. The smallest absolute Gasteiger partial charge is 0.241 e. The largest absolute Gasteiger partial charge is 0.361 e. The Kier molecular flexibility index (Phi) is 3.19. The summed E-state index contributed by atoms with van der Waals surface area (Å²) in [5, 5.41) is 7.71. The van der Waals surface area contributed by atoms with Gasteiger partial charge in [0.25, 0.3) is 0 Å². The van der Waals surface area contributed by atoms with E-state index >= 15 is 0 Å². The highest BCUT2D eigenvalue weighted by Gasteiger charge is 2.38. The minimum absolute atomic E-state index is 0.0278. The van der Waals surface area contributed by atoms with Crippen molar-refractivity contribution in [3.05, 3.63) is 30.5 Å². The van der Waals surface area contributed by atoms with Crippen LogP contribution in [0.5, 0.6) is 0 Å². The van der Waals surface area contributed by atoms with Gasteiger partial charge in [-0.05, 0) is 49.4 Å². The molecule has 2 aliphatic rings. The number of nitrogens with one attached hydrogen (secondary N) is 3. The number of anilines is 1. The molecule has 2 heterocycles. The van der Waals surface area contributed by atoms with Gasteiger partial charge < -0.3 is 15.6 Å². The third-order valence-electron chi connectivity index (χ3n) is 5.00. The van der Waals surface area contributed by atoms with E-state index < -0.39 is 0 Å². The van der Waals surface area contributed by atoms with Crippen molar-refractivity contribution in [2.45, 2.75) is 44.2 Å².